The molecule has 2 aromatic heterocycles. The standard InChI is InChI=1S/C16H15ClN4OS/c1-9(19-16-18-6-5-14(21-16)23-2)12-8-10-7-11(17)3-4-13(10)20-15(12)22/h3-9H,1-2H3,(H,20,22)(H,18,19,21)/t9-/m0/s1. The van der Waals surface area contributed by atoms with Gasteiger partial charge in [-0.2, -0.15) is 0 Å². The molecule has 0 fully saturated rings. The molecule has 3 rings (SSSR count). The number of anilines is 1. The van der Waals surface area contributed by atoms with E-state index >= 15 is 0 Å². The van der Waals surface area contributed by atoms with Crippen molar-refractivity contribution in [1.82, 2.24) is 15.0 Å². The number of fused-ring (bicyclic) bond motifs is 1. The number of H-pyrrole nitrogens is 1. The van der Waals surface area contributed by atoms with Crippen LogP contribution in [0.3, 0.4) is 0 Å². The van der Waals surface area contributed by atoms with Crippen LogP contribution in [-0.2, 0) is 0 Å². The quantitative estimate of drug-likeness (QED) is 0.554. The summed E-state index contributed by atoms with van der Waals surface area (Å²) in [6, 6.07) is 8.82. The van der Waals surface area contributed by atoms with Crippen molar-refractivity contribution >= 4 is 40.2 Å². The highest BCUT2D eigenvalue weighted by Gasteiger charge is 2.13. The molecule has 0 saturated carbocycles. The lowest BCUT2D eigenvalue weighted by Gasteiger charge is -2.14. The molecular formula is C16H15ClN4OS. The summed E-state index contributed by atoms with van der Waals surface area (Å²) in [4.78, 5) is 23.7. The first-order valence-corrected chi connectivity index (χ1v) is 8.63. The molecule has 7 heteroatoms. The van der Waals surface area contributed by atoms with Crippen LogP contribution in [0.4, 0.5) is 5.95 Å². The van der Waals surface area contributed by atoms with E-state index in [1.54, 1.807) is 18.3 Å². The van der Waals surface area contributed by atoms with Gasteiger partial charge in [0.2, 0.25) is 5.95 Å². The molecule has 0 radical (unpaired) electrons. The summed E-state index contributed by atoms with van der Waals surface area (Å²) in [5.41, 5.74) is 1.23. The minimum absolute atomic E-state index is 0.138. The van der Waals surface area contributed by atoms with Gasteiger partial charge in [0.15, 0.2) is 0 Å². The predicted octanol–water partition coefficient (Wildman–Crippen LogP) is 3.87. The van der Waals surface area contributed by atoms with Crippen LogP contribution in [0.2, 0.25) is 5.02 Å². The van der Waals surface area contributed by atoms with Crippen LogP contribution >= 0.6 is 23.4 Å². The number of benzene rings is 1. The first kappa shape index (κ1) is 15.8. The molecule has 0 unspecified atom stereocenters. The second kappa shape index (κ2) is 6.60. The molecule has 2 N–H and O–H groups in total. The molecular weight excluding hydrogens is 332 g/mol. The van der Waals surface area contributed by atoms with Crippen LogP contribution in [-0.4, -0.2) is 21.2 Å². The number of nitrogens with zero attached hydrogens (tertiary/aromatic N) is 2. The molecule has 0 saturated heterocycles. The first-order chi connectivity index (χ1) is 11.1. The van der Waals surface area contributed by atoms with Crippen LogP contribution in [0.5, 0.6) is 0 Å². The zero-order chi connectivity index (χ0) is 16.4. The number of halogens is 1. The summed E-state index contributed by atoms with van der Waals surface area (Å²) in [7, 11) is 0. The van der Waals surface area contributed by atoms with Crippen molar-refractivity contribution < 1.29 is 0 Å². The Bertz CT molecular complexity index is 912. The Balaban J connectivity index is 1.95. The van der Waals surface area contributed by atoms with Crippen LogP contribution in [0.1, 0.15) is 18.5 Å². The maximum Gasteiger partial charge on any atom is 0.253 e. The van der Waals surface area contributed by atoms with E-state index in [4.69, 9.17) is 11.6 Å². The second-order valence-corrected chi connectivity index (χ2v) is 6.34. The van der Waals surface area contributed by atoms with Gasteiger partial charge in [0.25, 0.3) is 5.56 Å². The molecule has 1 atom stereocenters. The van der Waals surface area contributed by atoms with Gasteiger partial charge < -0.3 is 10.3 Å². The topological polar surface area (TPSA) is 70.7 Å². The Hall–Kier alpha value is -2.05. The summed E-state index contributed by atoms with van der Waals surface area (Å²) in [6.07, 6.45) is 3.64. The van der Waals surface area contributed by atoms with Crippen LogP contribution in [0.15, 0.2) is 46.3 Å². The lowest BCUT2D eigenvalue weighted by Crippen LogP contribution is -2.20. The van der Waals surface area contributed by atoms with E-state index in [0.29, 0.717) is 16.5 Å². The third kappa shape index (κ3) is 3.48. The van der Waals surface area contributed by atoms with Gasteiger partial charge in [0.1, 0.15) is 5.03 Å². The zero-order valence-corrected chi connectivity index (χ0v) is 14.2. The van der Waals surface area contributed by atoms with Crippen molar-refractivity contribution in [3.63, 3.8) is 0 Å². The minimum atomic E-state index is -0.237. The monoisotopic (exact) mass is 346 g/mol. The van der Waals surface area contributed by atoms with E-state index < -0.39 is 0 Å². The molecule has 0 aliphatic heterocycles. The van der Waals surface area contributed by atoms with E-state index in [-0.39, 0.29) is 11.6 Å². The Morgan fingerprint density at radius 2 is 2.13 bits per heavy atom. The lowest BCUT2D eigenvalue weighted by atomic mass is 10.1. The number of pyridine rings is 1. The summed E-state index contributed by atoms with van der Waals surface area (Å²) >= 11 is 7.56. The van der Waals surface area contributed by atoms with Gasteiger partial charge in [-0.3, -0.25) is 4.79 Å². The van der Waals surface area contributed by atoms with E-state index in [1.807, 2.05) is 31.4 Å². The molecule has 0 aliphatic carbocycles. The highest BCUT2D eigenvalue weighted by molar-refractivity contribution is 7.98. The first-order valence-electron chi connectivity index (χ1n) is 7.03. The molecule has 3 aromatic rings. The number of rotatable bonds is 4. The summed E-state index contributed by atoms with van der Waals surface area (Å²) in [6.45, 7) is 1.90. The fraction of sp³-hybridized carbons (Fsp3) is 0.188. The van der Waals surface area contributed by atoms with E-state index in [0.717, 1.165) is 15.9 Å². The van der Waals surface area contributed by atoms with Gasteiger partial charge in [0.05, 0.1) is 6.04 Å². The number of hydrogen-bond acceptors (Lipinski definition) is 5. The molecule has 0 amide bonds. The fourth-order valence-electron chi connectivity index (χ4n) is 2.31. The third-order valence-electron chi connectivity index (χ3n) is 3.49. The zero-order valence-electron chi connectivity index (χ0n) is 12.6. The maximum atomic E-state index is 12.3. The minimum Gasteiger partial charge on any atom is -0.347 e. The number of thioether (sulfide) groups is 1. The largest absolute Gasteiger partial charge is 0.347 e. The number of aromatic nitrogens is 3. The van der Waals surface area contributed by atoms with Crippen LogP contribution in [0, 0.1) is 0 Å². The third-order valence-corrected chi connectivity index (χ3v) is 4.37. The molecule has 0 aliphatic rings. The van der Waals surface area contributed by atoms with Crippen molar-refractivity contribution in [3.05, 3.63) is 57.5 Å². The summed E-state index contributed by atoms with van der Waals surface area (Å²) < 4.78 is 0. The van der Waals surface area contributed by atoms with E-state index in [9.17, 15) is 4.79 Å². The Labute approximate surface area is 142 Å². The van der Waals surface area contributed by atoms with Gasteiger partial charge in [-0.1, -0.05) is 11.6 Å². The molecule has 2 heterocycles. The van der Waals surface area contributed by atoms with Gasteiger partial charge in [-0.05, 0) is 43.5 Å². The summed E-state index contributed by atoms with van der Waals surface area (Å²) in [5, 5.41) is 5.55. The van der Waals surface area contributed by atoms with Crippen molar-refractivity contribution in [2.75, 3.05) is 11.6 Å². The lowest BCUT2D eigenvalue weighted by molar-refractivity contribution is 0.837. The molecule has 0 bridgehead atoms. The van der Waals surface area contributed by atoms with Crippen molar-refractivity contribution in [2.24, 2.45) is 0 Å². The maximum absolute atomic E-state index is 12.3. The van der Waals surface area contributed by atoms with Crippen LogP contribution in [0.25, 0.3) is 10.9 Å². The van der Waals surface area contributed by atoms with Crippen molar-refractivity contribution in [1.29, 1.82) is 0 Å². The normalized spacial score (nSPS) is 12.3. The Kier molecular flexibility index (Phi) is 4.54. The molecule has 1 aromatic carbocycles. The summed E-state index contributed by atoms with van der Waals surface area (Å²) in [5.74, 6) is 0.495. The molecule has 118 valence electrons. The molecule has 5 nitrogen and oxygen atoms in total. The van der Waals surface area contributed by atoms with Crippen molar-refractivity contribution in [3.8, 4) is 0 Å². The Morgan fingerprint density at radius 1 is 1.30 bits per heavy atom. The Morgan fingerprint density at radius 3 is 2.91 bits per heavy atom. The fourth-order valence-corrected chi connectivity index (χ4v) is 2.87. The SMILES string of the molecule is CSc1ccnc(N[C@@H](C)c2cc3cc(Cl)ccc3[nH]c2=O)n1. The van der Waals surface area contributed by atoms with E-state index in [2.05, 4.69) is 20.3 Å². The van der Waals surface area contributed by atoms with Gasteiger partial charge in [0, 0.05) is 27.7 Å². The average molecular weight is 347 g/mol. The molecule has 23 heavy (non-hydrogen) atoms. The smallest absolute Gasteiger partial charge is 0.253 e. The highest BCUT2D eigenvalue weighted by Crippen LogP contribution is 2.21. The van der Waals surface area contributed by atoms with Gasteiger partial charge in [-0.25, -0.2) is 9.97 Å². The molecule has 0 spiro atoms. The second-order valence-electron chi connectivity index (χ2n) is 5.07. The van der Waals surface area contributed by atoms with E-state index in [1.165, 1.54) is 11.8 Å². The predicted molar refractivity (Wildman–Crippen MR) is 95.4 cm³/mol. The van der Waals surface area contributed by atoms with Crippen molar-refractivity contribution in [2.45, 2.75) is 18.0 Å². The highest BCUT2D eigenvalue weighted by atomic mass is 35.5. The average Bonchev–Trinajstić information content (AvgIpc) is 2.54. The number of nitrogens with one attached hydrogen (secondary N) is 2. The van der Waals surface area contributed by atoms with Gasteiger partial charge in [-0.15, -0.1) is 11.8 Å². The van der Waals surface area contributed by atoms with Crippen LogP contribution < -0.4 is 10.9 Å². The van der Waals surface area contributed by atoms with Gasteiger partial charge >= 0.3 is 0 Å². The number of aromatic amines is 1. The number of hydrogen-bond donors (Lipinski definition) is 2.